The molecule has 0 amide bonds. The normalized spacial score (nSPS) is 22.3. The number of benzene rings is 1. The fraction of sp³-hybridized carbons (Fsp3) is 0.409. The van der Waals surface area contributed by atoms with Crippen molar-refractivity contribution in [3.05, 3.63) is 52.3 Å². The maximum atomic E-state index is 6.40. The molecule has 2 atom stereocenters. The van der Waals surface area contributed by atoms with Crippen LogP contribution in [0.5, 0.6) is 5.88 Å². The van der Waals surface area contributed by atoms with Gasteiger partial charge in [0, 0.05) is 17.0 Å². The van der Waals surface area contributed by atoms with Crippen LogP contribution < -0.4 is 4.74 Å². The van der Waals surface area contributed by atoms with Crippen LogP contribution in [-0.2, 0) is 0 Å². The Morgan fingerprint density at radius 3 is 2.83 bits per heavy atom. The van der Waals surface area contributed by atoms with Gasteiger partial charge in [-0.05, 0) is 48.3 Å². The van der Waals surface area contributed by atoms with Crippen LogP contribution in [0.1, 0.15) is 33.1 Å². The lowest BCUT2D eigenvalue weighted by molar-refractivity contribution is -0.00922. The molecule has 3 aliphatic rings. The van der Waals surface area contributed by atoms with Gasteiger partial charge in [-0.1, -0.05) is 48.7 Å². The third kappa shape index (κ3) is 3.11. The van der Waals surface area contributed by atoms with Crippen LogP contribution >= 0.6 is 23.2 Å². The third-order valence-electron chi connectivity index (χ3n) is 6.68. The highest BCUT2D eigenvalue weighted by Gasteiger charge is 2.50. The van der Waals surface area contributed by atoms with E-state index in [1.807, 2.05) is 10.5 Å². The van der Waals surface area contributed by atoms with E-state index in [2.05, 4.69) is 35.1 Å². The summed E-state index contributed by atoms with van der Waals surface area (Å²) in [5.41, 5.74) is 3.32. The van der Waals surface area contributed by atoms with Crippen molar-refractivity contribution in [1.29, 1.82) is 0 Å². The number of rotatable bonds is 5. The molecule has 1 fully saturated rings. The van der Waals surface area contributed by atoms with Crippen LogP contribution in [0.15, 0.2) is 42.2 Å². The minimum Gasteiger partial charge on any atom is -0.477 e. The van der Waals surface area contributed by atoms with Gasteiger partial charge in [0.1, 0.15) is 0 Å². The van der Waals surface area contributed by atoms with Crippen molar-refractivity contribution < 1.29 is 4.74 Å². The Bertz CT molecular complexity index is 1120. The molecule has 0 aliphatic heterocycles. The van der Waals surface area contributed by atoms with Crippen molar-refractivity contribution in [2.75, 3.05) is 6.61 Å². The summed E-state index contributed by atoms with van der Waals surface area (Å²) in [7, 11) is 0. The first-order valence-corrected chi connectivity index (χ1v) is 10.7. The minimum atomic E-state index is 0.429. The first-order valence-electron chi connectivity index (χ1n) is 9.91. The SMILES string of the molecule is CC1(C)[C@H]2CC=C(CCOc3cncc4nnc(-c5ccc(Cl)cc5Cl)n34)[C@@H]1C2. The number of allylic oxidation sites excluding steroid dienone is 1. The molecule has 0 N–H and O–H groups in total. The van der Waals surface area contributed by atoms with Crippen molar-refractivity contribution in [3.63, 3.8) is 0 Å². The maximum Gasteiger partial charge on any atom is 0.220 e. The van der Waals surface area contributed by atoms with Crippen molar-refractivity contribution in [2.45, 2.75) is 33.1 Å². The molecule has 150 valence electrons. The summed E-state index contributed by atoms with van der Waals surface area (Å²) in [6, 6.07) is 5.33. The molecule has 3 aromatic rings. The zero-order valence-corrected chi connectivity index (χ0v) is 17.9. The Kier molecular flexibility index (Phi) is 4.56. The lowest BCUT2D eigenvalue weighted by Crippen LogP contribution is -2.48. The second kappa shape index (κ2) is 6.99. The van der Waals surface area contributed by atoms with E-state index >= 15 is 0 Å². The molecule has 6 rings (SSSR count). The summed E-state index contributed by atoms with van der Waals surface area (Å²) >= 11 is 12.4. The Labute approximate surface area is 179 Å². The second-order valence-corrected chi connectivity index (χ2v) is 9.35. The van der Waals surface area contributed by atoms with Crippen LogP contribution in [-0.4, -0.2) is 26.2 Å². The van der Waals surface area contributed by atoms with Gasteiger partial charge in [-0.3, -0.25) is 4.98 Å². The van der Waals surface area contributed by atoms with E-state index in [9.17, 15) is 0 Å². The molecule has 3 aliphatic carbocycles. The predicted molar refractivity (Wildman–Crippen MR) is 114 cm³/mol. The Morgan fingerprint density at radius 2 is 2.07 bits per heavy atom. The van der Waals surface area contributed by atoms with Crippen LogP contribution in [0.25, 0.3) is 17.0 Å². The quantitative estimate of drug-likeness (QED) is 0.477. The molecule has 1 aromatic carbocycles. The number of aromatic nitrogens is 4. The predicted octanol–water partition coefficient (Wildman–Crippen LogP) is 5.86. The van der Waals surface area contributed by atoms with Gasteiger partial charge < -0.3 is 4.74 Å². The first kappa shape index (κ1) is 18.9. The highest BCUT2D eigenvalue weighted by molar-refractivity contribution is 6.36. The number of fused-ring (bicyclic) bond motifs is 2. The number of nitrogens with zero attached hydrogens (tertiary/aromatic N) is 4. The number of hydrogen-bond acceptors (Lipinski definition) is 4. The molecule has 0 spiro atoms. The van der Waals surface area contributed by atoms with Crippen molar-refractivity contribution >= 4 is 28.8 Å². The van der Waals surface area contributed by atoms with Gasteiger partial charge in [-0.25, -0.2) is 4.40 Å². The first-order chi connectivity index (χ1) is 13.9. The van der Waals surface area contributed by atoms with Gasteiger partial charge in [0.2, 0.25) is 5.88 Å². The fourth-order valence-corrected chi connectivity index (χ4v) is 5.29. The summed E-state index contributed by atoms with van der Waals surface area (Å²) < 4.78 is 8.00. The van der Waals surface area contributed by atoms with Gasteiger partial charge >= 0.3 is 0 Å². The molecular formula is C22H22Cl2N4O. The number of ether oxygens (including phenoxy) is 1. The van der Waals surface area contributed by atoms with Crippen molar-refractivity contribution in [3.8, 4) is 17.3 Å². The van der Waals surface area contributed by atoms with E-state index in [4.69, 9.17) is 27.9 Å². The monoisotopic (exact) mass is 428 g/mol. The van der Waals surface area contributed by atoms with Crippen LogP contribution in [0.3, 0.4) is 0 Å². The van der Waals surface area contributed by atoms with Gasteiger partial charge in [0.15, 0.2) is 11.5 Å². The van der Waals surface area contributed by atoms with E-state index in [0.717, 1.165) is 17.9 Å². The van der Waals surface area contributed by atoms with Gasteiger partial charge in [-0.2, -0.15) is 0 Å². The molecule has 2 aromatic heterocycles. The highest BCUT2D eigenvalue weighted by Crippen LogP contribution is 2.59. The highest BCUT2D eigenvalue weighted by atomic mass is 35.5. The Hall–Kier alpha value is -2.11. The molecule has 0 unspecified atom stereocenters. The average Bonchev–Trinajstić information content (AvgIpc) is 3.13. The number of halogens is 2. The van der Waals surface area contributed by atoms with Crippen molar-refractivity contribution in [2.24, 2.45) is 17.3 Å². The van der Waals surface area contributed by atoms with Crippen LogP contribution in [0, 0.1) is 17.3 Å². The molecule has 5 nitrogen and oxygen atoms in total. The van der Waals surface area contributed by atoms with Crippen LogP contribution in [0.4, 0.5) is 0 Å². The van der Waals surface area contributed by atoms with E-state index < -0.39 is 0 Å². The van der Waals surface area contributed by atoms with E-state index in [0.29, 0.717) is 45.3 Å². The average molecular weight is 429 g/mol. The summed E-state index contributed by atoms with van der Waals surface area (Å²) in [4.78, 5) is 4.25. The molecule has 0 saturated heterocycles. The Morgan fingerprint density at radius 1 is 1.21 bits per heavy atom. The van der Waals surface area contributed by atoms with Gasteiger partial charge in [0.05, 0.1) is 24.0 Å². The molecule has 1 saturated carbocycles. The molecular weight excluding hydrogens is 407 g/mol. The lowest BCUT2D eigenvalue weighted by Gasteiger charge is -2.56. The zero-order valence-electron chi connectivity index (χ0n) is 16.4. The standard InChI is InChI=1S/C22H22Cl2N4O/c1-22(2)14-4-3-13(17(22)9-14)7-8-29-20-12-25-11-19-26-27-21(28(19)20)16-6-5-15(23)10-18(16)24/h3,5-6,10-12,14,17H,4,7-9H2,1-2H3/t14-,17-/m0/s1. The van der Waals surface area contributed by atoms with Gasteiger partial charge in [0.25, 0.3) is 0 Å². The third-order valence-corrected chi connectivity index (χ3v) is 7.23. The molecule has 2 heterocycles. The summed E-state index contributed by atoms with van der Waals surface area (Å²) in [6.45, 7) is 5.38. The topological polar surface area (TPSA) is 52.3 Å². The fourth-order valence-electron chi connectivity index (χ4n) is 4.80. The lowest BCUT2D eigenvalue weighted by atomic mass is 9.48. The maximum absolute atomic E-state index is 6.40. The largest absolute Gasteiger partial charge is 0.477 e. The molecule has 2 bridgehead atoms. The van der Waals surface area contributed by atoms with E-state index in [1.54, 1.807) is 24.5 Å². The number of hydrogen-bond donors (Lipinski definition) is 0. The molecule has 0 radical (unpaired) electrons. The molecule has 7 heteroatoms. The van der Waals surface area contributed by atoms with Crippen molar-refractivity contribution in [1.82, 2.24) is 19.6 Å². The minimum absolute atomic E-state index is 0.429. The zero-order chi connectivity index (χ0) is 20.2. The van der Waals surface area contributed by atoms with E-state index in [1.165, 1.54) is 18.4 Å². The summed E-state index contributed by atoms with van der Waals surface area (Å²) in [5.74, 6) is 2.76. The summed E-state index contributed by atoms with van der Waals surface area (Å²) in [5, 5.41) is 9.62. The van der Waals surface area contributed by atoms with E-state index in [-0.39, 0.29) is 0 Å². The smallest absolute Gasteiger partial charge is 0.220 e. The van der Waals surface area contributed by atoms with Crippen LogP contribution in [0.2, 0.25) is 10.0 Å². The van der Waals surface area contributed by atoms with Gasteiger partial charge in [-0.15, -0.1) is 10.2 Å². The second-order valence-electron chi connectivity index (χ2n) is 8.51. The summed E-state index contributed by atoms with van der Waals surface area (Å²) in [6.07, 6.45) is 9.22. The Balaban J connectivity index is 1.40. The molecule has 29 heavy (non-hydrogen) atoms.